The number of nitrogens with zero attached hydrogens (tertiary/aromatic N) is 2. The van der Waals surface area contributed by atoms with Gasteiger partial charge < -0.3 is 0 Å². The Labute approximate surface area is 122 Å². The molecular formula is C14H14Cl2N2O. The van der Waals surface area contributed by atoms with E-state index in [9.17, 15) is 4.79 Å². The summed E-state index contributed by atoms with van der Waals surface area (Å²) in [4.78, 5) is 11.4. The van der Waals surface area contributed by atoms with E-state index in [2.05, 4.69) is 11.7 Å². The molecule has 0 bridgehead atoms. The van der Waals surface area contributed by atoms with Crippen molar-refractivity contribution in [3.05, 3.63) is 46.2 Å². The summed E-state index contributed by atoms with van der Waals surface area (Å²) in [6.45, 7) is 5.45. The van der Waals surface area contributed by atoms with E-state index >= 15 is 0 Å². The smallest absolute Gasteiger partial charge is 0.168 e. The molecule has 1 aromatic rings. The lowest BCUT2D eigenvalue weighted by Crippen LogP contribution is -2.03. The number of aldehydes is 1. The van der Waals surface area contributed by atoms with Crippen molar-refractivity contribution in [3.63, 3.8) is 0 Å². The summed E-state index contributed by atoms with van der Waals surface area (Å²) in [6.07, 6.45) is 7.77. The number of halogens is 2. The third-order valence-electron chi connectivity index (χ3n) is 3.02. The van der Waals surface area contributed by atoms with E-state index in [1.54, 1.807) is 17.0 Å². The first kappa shape index (κ1) is 14.1. The first-order valence-electron chi connectivity index (χ1n) is 6.01. The second-order valence-corrected chi connectivity index (χ2v) is 5.12. The van der Waals surface area contributed by atoms with Crippen LogP contribution in [0.25, 0.3) is 5.57 Å². The van der Waals surface area contributed by atoms with Crippen LogP contribution in [-0.2, 0) is 0 Å². The van der Waals surface area contributed by atoms with Crippen LogP contribution in [0.15, 0.2) is 35.0 Å². The van der Waals surface area contributed by atoms with E-state index in [1.165, 1.54) is 6.08 Å². The largest absolute Gasteiger partial charge is 0.296 e. The molecule has 2 rings (SSSR count). The summed E-state index contributed by atoms with van der Waals surface area (Å²) in [6, 6.07) is 0.321. The van der Waals surface area contributed by atoms with Crippen molar-refractivity contribution in [1.29, 1.82) is 0 Å². The predicted octanol–water partition coefficient (Wildman–Crippen LogP) is 4.31. The molecule has 1 aliphatic rings. The zero-order valence-corrected chi connectivity index (χ0v) is 12.1. The molecule has 0 amide bonds. The summed E-state index contributed by atoms with van der Waals surface area (Å²) in [5.41, 5.74) is 1.75. The summed E-state index contributed by atoms with van der Waals surface area (Å²) in [5.74, 6) is 0. The molecule has 0 N–H and O–H groups in total. The summed E-state index contributed by atoms with van der Waals surface area (Å²) in [5, 5.41) is 5.16. The summed E-state index contributed by atoms with van der Waals surface area (Å²) < 4.78 is 1.75. The van der Waals surface area contributed by atoms with Gasteiger partial charge in [-0.1, -0.05) is 41.9 Å². The van der Waals surface area contributed by atoms with Gasteiger partial charge in [-0.15, -0.1) is 0 Å². The minimum Gasteiger partial charge on any atom is -0.296 e. The molecule has 0 aliphatic heterocycles. The Bertz CT molecular complexity index is 580. The Balaban J connectivity index is 2.60. The Kier molecular flexibility index (Phi) is 4.27. The van der Waals surface area contributed by atoms with Gasteiger partial charge in [0.1, 0.15) is 5.69 Å². The SMILES string of the molecule is C=C/C(Cl)=C(\C(Cl)=C/C)c1cnn(C2CC2)c1C=O. The van der Waals surface area contributed by atoms with E-state index < -0.39 is 0 Å². The molecule has 5 heteroatoms. The molecule has 0 atom stereocenters. The van der Waals surface area contributed by atoms with Crippen molar-refractivity contribution in [2.45, 2.75) is 25.8 Å². The van der Waals surface area contributed by atoms with Crippen molar-refractivity contribution in [1.82, 2.24) is 9.78 Å². The molecule has 0 unspecified atom stereocenters. The normalized spacial score (nSPS) is 17.1. The molecule has 1 fully saturated rings. The van der Waals surface area contributed by atoms with Crippen LogP contribution in [0.1, 0.15) is 41.9 Å². The number of allylic oxidation sites excluding steroid dienone is 5. The molecule has 1 aromatic heterocycles. The van der Waals surface area contributed by atoms with Crippen LogP contribution in [0.5, 0.6) is 0 Å². The number of hydrogen-bond donors (Lipinski definition) is 0. The second kappa shape index (κ2) is 5.76. The van der Waals surface area contributed by atoms with Crippen molar-refractivity contribution in [2.24, 2.45) is 0 Å². The zero-order valence-electron chi connectivity index (χ0n) is 10.6. The number of rotatable bonds is 5. The minimum atomic E-state index is 0.321. The van der Waals surface area contributed by atoms with E-state index in [0.29, 0.717) is 32.9 Å². The third-order valence-corrected chi connectivity index (χ3v) is 3.77. The number of carbonyl (C=O) groups excluding carboxylic acids is 1. The van der Waals surface area contributed by atoms with Crippen molar-refractivity contribution in [2.75, 3.05) is 0 Å². The minimum absolute atomic E-state index is 0.321. The molecule has 0 radical (unpaired) electrons. The maximum atomic E-state index is 11.4. The van der Waals surface area contributed by atoms with Crippen LogP contribution in [0.2, 0.25) is 0 Å². The highest BCUT2D eigenvalue weighted by Gasteiger charge is 2.29. The fourth-order valence-electron chi connectivity index (χ4n) is 1.91. The highest BCUT2D eigenvalue weighted by molar-refractivity contribution is 6.43. The van der Waals surface area contributed by atoms with Crippen LogP contribution in [0.4, 0.5) is 0 Å². The molecule has 1 heterocycles. The summed E-state index contributed by atoms with van der Waals surface area (Å²) >= 11 is 12.3. The molecule has 3 nitrogen and oxygen atoms in total. The Hall–Kier alpha value is -1.32. The fourth-order valence-corrected chi connectivity index (χ4v) is 2.37. The molecule has 0 aromatic carbocycles. The Morgan fingerprint density at radius 3 is 2.68 bits per heavy atom. The first-order valence-corrected chi connectivity index (χ1v) is 6.77. The monoisotopic (exact) mass is 296 g/mol. The van der Waals surface area contributed by atoms with Gasteiger partial charge in [-0.3, -0.25) is 9.48 Å². The molecule has 0 saturated heterocycles. The molecule has 0 spiro atoms. The number of hydrogen-bond acceptors (Lipinski definition) is 2. The van der Waals surface area contributed by atoms with Crippen LogP contribution in [0.3, 0.4) is 0 Å². The van der Waals surface area contributed by atoms with Gasteiger partial charge in [0.05, 0.1) is 12.2 Å². The van der Waals surface area contributed by atoms with E-state index in [0.717, 1.165) is 19.1 Å². The average molecular weight is 297 g/mol. The lowest BCUT2D eigenvalue weighted by molar-refractivity contribution is 0.111. The number of carbonyl (C=O) groups is 1. The maximum absolute atomic E-state index is 11.4. The first-order chi connectivity index (χ1) is 9.13. The number of aromatic nitrogens is 2. The predicted molar refractivity (Wildman–Crippen MR) is 78.5 cm³/mol. The van der Waals surface area contributed by atoms with Crippen LogP contribution in [0, 0.1) is 0 Å². The van der Waals surface area contributed by atoms with E-state index in [-0.39, 0.29) is 0 Å². The average Bonchev–Trinajstić information content (AvgIpc) is 3.19. The maximum Gasteiger partial charge on any atom is 0.168 e. The van der Waals surface area contributed by atoms with Gasteiger partial charge in [0.15, 0.2) is 6.29 Å². The molecule has 1 aliphatic carbocycles. The van der Waals surface area contributed by atoms with Crippen molar-refractivity contribution in [3.8, 4) is 0 Å². The van der Waals surface area contributed by atoms with Gasteiger partial charge in [-0.2, -0.15) is 5.10 Å². The quantitative estimate of drug-likeness (QED) is 0.599. The van der Waals surface area contributed by atoms with Crippen molar-refractivity contribution < 1.29 is 4.79 Å². The lowest BCUT2D eigenvalue weighted by atomic mass is 10.1. The van der Waals surface area contributed by atoms with Crippen LogP contribution in [-0.4, -0.2) is 16.1 Å². The topological polar surface area (TPSA) is 34.9 Å². The van der Waals surface area contributed by atoms with Gasteiger partial charge in [0, 0.05) is 21.2 Å². The Morgan fingerprint density at radius 2 is 2.21 bits per heavy atom. The van der Waals surface area contributed by atoms with E-state index in [4.69, 9.17) is 23.2 Å². The highest BCUT2D eigenvalue weighted by Crippen LogP contribution is 2.39. The van der Waals surface area contributed by atoms with Gasteiger partial charge in [-0.25, -0.2) is 0 Å². The van der Waals surface area contributed by atoms with Gasteiger partial charge in [0.2, 0.25) is 0 Å². The van der Waals surface area contributed by atoms with Gasteiger partial charge in [0.25, 0.3) is 0 Å². The van der Waals surface area contributed by atoms with E-state index in [1.807, 2.05) is 6.92 Å². The summed E-state index contributed by atoms with van der Waals surface area (Å²) in [7, 11) is 0. The van der Waals surface area contributed by atoms with Gasteiger partial charge in [-0.05, 0) is 19.8 Å². The highest BCUT2D eigenvalue weighted by atomic mass is 35.5. The molecule has 19 heavy (non-hydrogen) atoms. The Morgan fingerprint density at radius 1 is 1.53 bits per heavy atom. The van der Waals surface area contributed by atoms with Crippen LogP contribution < -0.4 is 0 Å². The third kappa shape index (κ3) is 2.67. The second-order valence-electron chi connectivity index (χ2n) is 4.30. The molecule has 100 valence electrons. The van der Waals surface area contributed by atoms with Gasteiger partial charge >= 0.3 is 0 Å². The molecular weight excluding hydrogens is 283 g/mol. The molecule has 1 saturated carbocycles. The standard InChI is InChI=1S/C14H14Cl2N2O/c1-3-11(15)14(12(16)4-2)10-7-17-18(9-5-6-9)13(10)8-19/h3-4,7-9H,1,5-6H2,2H3/b12-4+,14-11+. The zero-order chi connectivity index (χ0) is 14.0. The fraction of sp³-hybridized carbons (Fsp3) is 0.286. The van der Waals surface area contributed by atoms with Crippen LogP contribution >= 0.6 is 23.2 Å². The van der Waals surface area contributed by atoms with Crippen molar-refractivity contribution >= 4 is 35.1 Å². The lowest BCUT2D eigenvalue weighted by Gasteiger charge is -2.08.